The summed E-state index contributed by atoms with van der Waals surface area (Å²) in [4.78, 5) is 17.3. The molecular formula is C25H21FN4O3S. The maximum absolute atomic E-state index is 13.2. The molecule has 1 heterocycles. The van der Waals surface area contributed by atoms with E-state index in [9.17, 15) is 9.18 Å². The van der Waals surface area contributed by atoms with Crippen molar-refractivity contribution in [2.45, 2.75) is 0 Å². The van der Waals surface area contributed by atoms with Crippen molar-refractivity contribution in [2.24, 2.45) is 5.10 Å². The van der Waals surface area contributed by atoms with Crippen molar-refractivity contribution in [2.75, 3.05) is 25.0 Å². The normalized spacial score (nSPS) is 10.8. The third-order valence-corrected chi connectivity index (χ3v) is 5.66. The average molecular weight is 477 g/mol. The van der Waals surface area contributed by atoms with Crippen LogP contribution in [0.5, 0.6) is 11.5 Å². The van der Waals surface area contributed by atoms with Crippen LogP contribution in [0, 0.1) is 5.82 Å². The van der Waals surface area contributed by atoms with Crippen LogP contribution >= 0.6 is 11.3 Å². The van der Waals surface area contributed by atoms with Crippen molar-refractivity contribution < 1.29 is 18.7 Å². The first-order valence-corrected chi connectivity index (χ1v) is 11.0. The van der Waals surface area contributed by atoms with Gasteiger partial charge in [-0.3, -0.25) is 10.2 Å². The van der Waals surface area contributed by atoms with E-state index in [0.29, 0.717) is 32.9 Å². The summed E-state index contributed by atoms with van der Waals surface area (Å²) in [5.74, 6) is 0.457. The highest BCUT2D eigenvalue weighted by atomic mass is 32.1. The number of anilines is 2. The van der Waals surface area contributed by atoms with E-state index in [1.165, 1.54) is 35.6 Å². The van der Waals surface area contributed by atoms with Gasteiger partial charge in [0.05, 0.1) is 20.4 Å². The summed E-state index contributed by atoms with van der Waals surface area (Å²) in [7, 11) is 3.14. The molecule has 1 aromatic heterocycles. The molecule has 0 aliphatic carbocycles. The number of aromatic nitrogens is 1. The van der Waals surface area contributed by atoms with Crippen molar-refractivity contribution in [1.82, 2.24) is 4.98 Å². The number of methoxy groups -OCH3 is 2. The van der Waals surface area contributed by atoms with Crippen LogP contribution in [-0.4, -0.2) is 31.3 Å². The summed E-state index contributed by atoms with van der Waals surface area (Å²) in [5.41, 5.74) is 5.50. The number of amides is 1. The predicted molar refractivity (Wildman–Crippen MR) is 133 cm³/mol. The minimum absolute atomic E-state index is 0.342. The average Bonchev–Trinajstić information content (AvgIpc) is 3.27. The molecule has 4 aromatic rings. The molecule has 7 nitrogen and oxygen atoms in total. The van der Waals surface area contributed by atoms with Crippen LogP contribution in [0.25, 0.3) is 11.3 Å². The first-order valence-electron chi connectivity index (χ1n) is 10.2. The van der Waals surface area contributed by atoms with Gasteiger partial charge in [0, 0.05) is 11.1 Å². The summed E-state index contributed by atoms with van der Waals surface area (Å²) in [6.45, 7) is 0. The molecule has 0 unspecified atom stereocenters. The molecule has 0 saturated carbocycles. The number of carbonyl (C=O) groups excluding carboxylic acids is 1. The number of rotatable bonds is 8. The summed E-state index contributed by atoms with van der Waals surface area (Å²) >= 11 is 1.24. The maximum Gasteiger partial charge on any atom is 0.256 e. The Bertz CT molecular complexity index is 1310. The van der Waals surface area contributed by atoms with Gasteiger partial charge in [-0.15, -0.1) is 0 Å². The van der Waals surface area contributed by atoms with Gasteiger partial charge >= 0.3 is 0 Å². The predicted octanol–water partition coefficient (Wildman–Crippen LogP) is 5.66. The zero-order valence-corrected chi connectivity index (χ0v) is 19.2. The lowest BCUT2D eigenvalue weighted by Gasteiger charge is -2.07. The molecular weight excluding hydrogens is 455 g/mol. The minimum atomic E-state index is -0.404. The highest BCUT2D eigenvalue weighted by Crippen LogP contribution is 2.36. The molecule has 0 spiro atoms. The minimum Gasteiger partial charge on any atom is -0.493 e. The van der Waals surface area contributed by atoms with Crippen molar-refractivity contribution >= 4 is 33.6 Å². The van der Waals surface area contributed by atoms with Gasteiger partial charge in [0.15, 0.2) is 11.5 Å². The molecule has 3 aromatic carbocycles. The Labute approximate surface area is 199 Å². The number of halogens is 1. The Morgan fingerprint density at radius 3 is 2.44 bits per heavy atom. The summed E-state index contributed by atoms with van der Waals surface area (Å²) < 4.78 is 23.8. The molecule has 0 fully saturated rings. The number of nitrogens with one attached hydrogen (secondary N) is 2. The van der Waals surface area contributed by atoms with Gasteiger partial charge in [-0.1, -0.05) is 41.7 Å². The Balaban J connectivity index is 1.56. The van der Waals surface area contributed by atoms with Crippen molar-refractivity contribution in [3.8, 4) is 22.8 Å². The van der Waals surface area contributed by atoms with E-state index in [-0.39, 0.29) is 5.91 Å². The van der Waals surface area contributed by atoms with Crippen LogP contribution in [-0.2, 0) is 0 Å². The van der Waals surface area contributed by atoms with Crippen molar-refractivity contribution in [1.29, 1.82) is 0 Å². The fourth-order valence-corrected chi connectivity index (χ4v) is 3.95. The zero-order chi connectivity index (χ0) is 23.9. The number of hydrogen-bond donors (Lipinski definition) is 2. The fourth-order valence-electron chi connectivity index (χ4n) is 3.12. The number of carbonyl (C=O) groups is 1. The third kappa shape index (κ3) is 5.38. The topological polar surface area (TPSA) is 84.8 Å². The molecule has 9 heteroatoms. The van der Waals surface area contributed by atoms with Crippen LogP contribution < -0.4 is 20.2 Å². The second kappa shape index (κ2) is 10.6. The van der Waals surface area contributed by atoms with Crippen LogP contribution in [0.4, 0.5) is 14.5 Å². The Morgan fingerprint density at radius 2 is 1.74 bits per heavy atom. The molecule has 4 rings (SSSR count). The second-order valence-electron chi connectivity index (χ2n) is 7.01. The van der Waals surface area contributed by atoms with E-state index in [2.05, 4.69) is 20.8 Å². The van der Waals surface area contributed by atoms with Gasteiger partial charge in [-0.25, -0.2) is 9.37 Å². The van der Waals surface area contributed by atoms with Crippen LogP contribution in [0.15, 0.2) is 77.9 Å². The van der Waals surface area contributed by atoms with E-state index in [1.807, 2.05) is 36.4 Å². The van der Waals surface area contributed by atoms with E-state index >= 15 is 0 Å². The lowest BCUT2D eigenvalue weighted by Crippen LogP contribution is -2.11. The number of hydrazone groups is 1. The molecule has 34 heavy (non-hydrogen) atoms. The van der Waals surface area contributed by atoms with Gasteiger partial charge in [0.25, 0.3) is 5.91 Å². The zero-order valence-electron chi connectivity index (χ0n) is 18.4. The largest absolute Gasteiger partial charge is 0.493 e. The number of hydrogen-bond acceptors (Lipinski definition) is 7. The molecule has 2 N–H and O–H groups in total. The summed E-state index contributed by atoms with van der Waals surface area (Å²) in [6, 6.07) is 20.3. The molecule has 0 radical (unpaired) electrons. The van der Waals surface area contributed by atoms with Crippen LogP contribution in [0.3, 0.4) is 0 Å². The fraction of sp³-hybridized carbons (Fsp3) is 0.0800. The first kappa shape index (κ1) is 22.9. The van der Waals surface area contributed by atoms with Crippen molar-refractivity contribution in [3.05, 3.63) is 89.7 Å². The summed E-state index contributed by atoms with van der Waals surface area (Å²) in [5, 5.41) is 8.17. The lowest BCUT2D eigenvalue weighted by molar-refractivity contribution is 0.102. The molecule has 0 aliphatic rings. The standard InChI is InChI=1S/C25H21FN4O3S/c1-32-20-13-8-16(14-21(20)33-2)15-27-30-25-28-22(17-6-4-3-5-7-17)24(34-25)29-23(31)18-9-11-19(26)12-10-18/h3-15H,1-2H3,(H,28,30)(H,29,31). The van der Waals surface area contributed by atoms with Crippen LogP contribution in [0.1, 0.15) is 15.9 Å². The third-order valence-electron chi connectivity index (χ3n) is 4.79. The molecule has 0 bridgehead atoms. The molecule has 0 aliphatic heterocycles. The highest BCUT2D eigenvalue weighted by Gasteiger charge is 2.16. The molecule has 1 amide bonds. The quantitative estimate of drug-likeness (QED) is 0.253. The smallest absolute Gasteiger partial charge is 0.256 e. The van der Waals surface area contributed by atoms with Gasteiger partial charge < -0.3 is 14.8 Å². The van der Waals surface area contributed by atoms with E-state index in [0.717, 1.165) is 11.1 Å². The number of ether oxygens (including phenoxy) is 2. The monoisotopic (exact) mass is 476 g/mol. The molecule has 172 valence electrons. The molecule has 0 saturated heterocycles. The van der Waals surface area contributed by atoms with E-state index < -0.39 is 5.82 Å². The van der Waals surface area contributed by atoms with E-state index in [1.54, 1.807) is 32.6 Å². The van der Waals surface area contributed by atoms with Crippen LogP contribution in [0.2, 0.25) is 0 Å². The Kier molecular flexibility index (Phi) is 7.14. The Hall–Kier alpha value is -4.24. The Morgan fingerprint density at radius 1 is 1.00 bits per heavy atom. The number of thiazole rings is 1. The van der Waals surface area contributed by atoms with Gasteiger partial charge in [-0.2, -0.15) is 5.10 Å². The summed E-state index contributed by atoms with van der Waals surface area (Å²) in [6.07, 6.45) is 1.63. The SMILES string of the molecule is COc1ccc(C=NNc2nc(-c3ccccc3)c(NC(=O)c3ccc(F)cc3)s2)cc1OC. The van der Waals surface area contributed by atoms with E-state index in [4.69, 9.17) is 9.47 Å². The van der Waals surface area contributed by atoms with Gasteiger partial charge in [0.2, 0.25) is 5.13 Å². The van der Waals surface area contributed by atoms with Gasteiger partial charge in [0.1, 0.15) is 16.5 Å². The maximum atomic E-state index is 13.2. The van der Waals surface area contributed by atoms with Gasteiger partial charge in [-0.05, 0) is 48.0 Å². The molecule has 0 atom stereocenters. The number of benzene rings is 3. The highest BCUT2D eigenvalue weighted by molar-refractivity contribution is 7.20. The lowest BCUT2D eigenvalue weighted by atomic mass is 10.1. The first-order chi connectivity index (χ1) is 16.6. The van der Waals surface area contributed by atoms with Crippen molar-refractivity contribution in [3.63, 3.8) is 0 Å². The second-order valence-corrected chi connectivity index (χ2v) is 8.01. The number of nitrogens with zero attached hydrogens (tertiary/aromatic N) is 2.